The molecule has 0 saturated heterocycles. The zero-order valence-corrected chi connectivity index (χ0v) is 11.0. The van der Waals surface area contributed by atoms with Crippen molar-refractivity contribution in [3.8, 4) is 0 Å². The minimum absolute atomic E-state index is 0.641. The summed E-state index contributed by atoms with van der Waals surface area (Å²) in [6, 6.07) is 7.49. The molecule has 0 spiro atoms. The first-order chi connectivity index (χ1) is 7.59. The highest BCUT2D eigenvalue weighted by Gasteiger charge is 2.21. The van der Waals surface area contributed by atoms with Crippen LogP contribution in [0.4, 0.5) is 0 Å². The highest BCUT2D eigenvalue weighted by atomic mass is 15.1. The molecule has 88 valence electrons. The lowest BCUT2D eigenvalue weighted by molar-refractivity contribution is 0.202. The van der Waals surface area contributed by atoms with E-state index < -0.39 is 0 Å². The molecule has 1 aromatic rings. The van der Waals surface area contributed by atoms with Gasteiger partial charge in [0.1, 0.15) is 0 Å². The Balaban J connectivity index is 2.34. The predicted molar refractivity (Wildman–Crippen MR) is 69.8 cm³/mol. The number of rotatable bonds is 2. The second kappa shape index (κ2) is 4.58. The van der Waals surface area contributed by atoms with Crippen molar-refractivity contribution in [1.82, 2.24) is 4.90 Å². The van der Waals surface area contributed by atoms with Crippen LogP contribution >= 0.6 is 0 Å². The Bertz CT molecular complexity index is 366. The molecule has 0 unspecified atom stereocenters. The summed E-state index contributed by atoms with van der Waals surface area (Å²) in [5, 5.41) is 0. The van der Waals surface area contributed by atoms with Crippen molar-refractivity contribution in [3.63, 3.8) is 0 Å². The molecule has 0 saturated carbocycles. The summed E-state index contributed by atoms with van der Waals surface area (Å²) in [5.74, 6) is 0.641. The van der Waals surface area contributed by atoms with Crippen molar-refractivity contribution in [1.29, 1.82) is 0 Å². The van der Waals surface area contributed by atoms with Crippen LogP contribution in [0.3, 0.4) is 0 Å². The zero-order valence-electron chi connectivity index (χ0n) is 11.0. The molecule has 1 heterocycles. The fourth-order valence-corrected chi connectivity index (χ4v) is 2.61. The highest BCUT2D eigenvalue weighted by molar-refractivity contribution is 5.38. The van der Waals surface area contributed by atoms with Gasteiger partial charge in [0, 0.05) is 19.1 Å². The van der Waals surface area contributed by atoms with Crippen LogP contribution in [-0.4, -0.2) is 17.5 Å². The van der Waals surface area contributed by atoms with Gasteiger partial charge in [0.05, 0.1) is 0 Å². The Kier molecular flexibility index (Phi) is 3.34. The number of hydrogen-bond donors (Lipinski definition) is 0. The van der Waals surface area contributed by atoms with Gasteiger partial charge in [-0.3, -0.25) is 4.90 Å². The maximum Gasteiger partial charge on any atom is 0.0242 e. The monoisotopic (exact) mass is 217 g/mol. The van der Waals surface area contributed by atoms with Crippen LogP contribution in [0.2, 0.25) is 0 Å². The Labute approximate surface area is 99.5 Å². The number of benzene rings is 1. The molecule has 1 nitrogen and oxygen atoms in total. The fraction of sp³-hybridized carbons (Fsp3) is 0.600. The van der Waals surface area contributed by atoms with Crippen LogP contribution in [0.25, 0.3) is 0 Å². The minimum Gasteiger partial charge on any atom is -0.296 e. The Morgan fingerprint density at radius 1 is 1.12 bits per heavy atom. The van der Waals surface area contributed by atoms with E-state index >= 15 is 0 Å². The van der Waals surface area contributed by atoms with E-state index in [1.807, 2.05) is 0 Å². The van der Waals surface area contributed by atoms with Gasteiger partial charge in [-0.05, 0) is 42.9 Å². The first-order valence-electron chi connectivity index (χ1n) is 6.44. The van der Waals surface area contributed by atoms with Gasteiger partial charge >= 0.3 is 0 Å². The van der Waals surface area contributed by atoms with E-state index in [1.165, 1.54) is 13.0 Å². The fourth-order valence-electron chi connectivity index (χ4n) is 2.61. The van der Waals surface area contributed by atoms with E-state index in [0.29, 0.717) is 12.0 Å². The smallest absolute Gasteiger partial charge is 0.0242 e. The molecule has 0 N–H and O–H groups in total. The lowest BCUT2D eigenvalue weighted by atomic mass is 9.89. The molecule has 2 rings (SSSR count). The van der Waals surface area contributed by atoms with Crippen molar-refractivity contribution in [3.05, 3.63) is 34.9 Å². The van der Waals surface area contributed by atoms with E-state index in [2.05, 4.69) is 50.8 Å². The van der Waals surface area contributed by atoms with Crippen LogP contribution in [0.1, 0.15) is 50.3 Å². The van der Waals surface area contributed by atoms with Crippen LogP contribution in [-0.2, 0) is 13.0 Å². The third-order valence-corrected chi connectivity index (χ3v) is 3.69. The summed E-state index contributed by atoms with van der Waals surface area (Å²) in [5.41, 5.74) is 4.71. The molecule has 0 aliphatic carbocycles. The molecule has 1 aliphatic heterocycles. The van der Waals surface area contributed by atoms with Gasteiger partial charge in [0.25, 0.3) is 0 Å². The summed E-state index contributed by atoms with van der Waals surface area (Å²) in [6.07, 6.45) is 1.22. The standard InChI is InChI=1S/C15H23N/c1-11(2)14-7-5-6-13-8-9-16(12(3)4)10-15(13)14/h5-7,11-12H,8-10H2,1-4H3. The Morgan fingerprint density at radius 2 is 1.88 bits per heavy atom. The molecular weight excluding hydrogens is 194 g/mol. The molecule has 0 aromatic heterocycles. The first kappa shape index (κ1) is 11.7. The van der Waals surface area contributed by atoms with Crippen molar-refractivity contribution < 1.29 is 0 Å². The lowest BCUT2D eigenvalue weighted by Crippen LogP contribution is -2.36. The van der Waals surface area contributed by atoms with Gasteiger partial charge in [-0.1, -0.05) is 32.0 Å². The zero-order chi connectivity index (χ0) is 11.7. The number of hydrogen-bond acceptors (Lipinski definition) is 1. The van der Waals surface area contributed by atoms with Crippen LogP contribution in [0, 0.1) is 0 Å². The number of fused-ring (bicyclic) bond motifs is 1. The maximum absolute atomic E-state index is 2.58. The summed E-state index contributed by atoms with van der Waals surface area (Å²) < 4.78 is 0. The minimum atomic E-state index is 0.641. The van der Waals surface area contributed by atoms with Gasteiger partial charge in [0.2, 0.25) is 0 Å². The third-order valence-electron chi connectivity index (χ3n) is 3.69. The summed E-state index contributed by atoms with van der Waals surface area (Å²) >= 11 is 0. The van der Waals surface area contributed by atoms with Crippen molar-refractivity contribution in [2.75, 3.05) is 6.54 Å². The van der Waals surface area contributed by atoms with Gasteiger partial charge in [0.15, 0.2) is 0 Å². The first-order valence-corrected chi connectivity index (χ1v) is 6.44. The van der Waals surface area contributed by atoms with Crippen LogP contribution < -0.4 is 0 Å². The molecule has 0 amide bonds. The van der Waals surface area contributed by atoms with Gasteiger partial charge in [-0.25, -0.2) is 0 Å². The van der Waals surface area contributed by atoms with Crippen LogP contribution in [0.5, 0.6) is 0 Å². The average Bonchev–Trinajstić information content (AvgIpc) is 2.27. The third kappa shape index (κ3) is 2.15. The van der Waals surface area contributed by atoms with E-state index in [-0.39, 0.29) is 0 Å². The molecule has 1 heteroatoms. The van der Waals surface area contributed by atoms with Gasteiger partial charge in [-0.2, -0.15) is 0 Å². The van der Waals surface area contributed by atoms with Gasteiger partial charge < -0.3 is 0 Å². The number of nitrogens with zero attached hydrogens (tertiary/aromatic N) is 1. The summed E-state index contributed by atoms with van der Waals surface area (Å²) in [4.78, 5) is 2.58. The van der Waals surface area contributed by atoms with E-state index in [1.54, 1.807) is 16.7 Å². The molecule has 1 aromatic carbocycles. The van der Waals surface area contributed by atoms with E-state index in [9.17, 15) is 0 Å². The Morgan fingerprint density at radius 3 is 2.50 bits per heavy atom. The summed E-state index contributed by atoms with van der Waals surface area (Å²) in [6.45, 7) is 11.5. The molecule has 1 aliphatic rings. The molecule has 0 atom stereocenters. The predicted octanol–water partition coefficient (Wildman–Crippen LogP) is 3.58. The largest absolute Gasteiger partial charge is 0.296 e. The molecule has 16 heavy (non-hydrogen) atoms. The van der Waals surface area contributed by atoms with Crippen molar-refractivity contribution >= 4 is 0 Å². The normalized spacial score (nSPS) is 16.9. The molecule has 0 fully saturated rings. The molecule has 0 radical (unpaired) electrons. The van der Waals surface area contributed by atoms with Crippen molar-refractivity contribution in [2.24, 2.45) is 0 Å². The Hall–Kier alpha value is -0.820. The molecular formula is C15H23N. The highest BCUT2D eigenvalue weighted by Crippen LogP contribution is 2.28. The lowest BCUT2D eigenvalue weighted by Gasteiger charge is -2.33. The SMILES string of the molecule is CC(C)c1cccc2c1CN(C(C)C)CC2. The molecule has 0 bridgehead atoms. The van der Waals surface area contributed by atoms with Crippen LogP contribution in [0.15, 0.2) is 18.2 Å². The average molecular weight is 217 g/mol. The van der Waals surface area contributed by atoms with Crippen molar-refractivity contribution in [2.45, 2.75) is 52.6 Å². The summed E-state index contributed by atoms with van der Waals surface area (Å²) in [7, 11) is 0. The second-order valence-electron chi connectivity index (χ2n) is 5.45. The van der Waals surface area contributed by atoms with E-state index in [0.717, 1.165) is 6.54 Å². The second-order valence-corrected chi connectivity index (χ2v) is 5.45. The van der Waals surface area contributed by atoms with E-state index in [4.69, 9.17) is 0 Å². The maximum atomic E-state index is 2.58. The topological polar surface area (TPSA) is 3.24 Å². The van der Waals surface area contributed by atoms with Gasteiger partial charge in [-0.15, -0.1) is 0 Å². The quantitative estimate of drug-likeness (QED) is 0.732.